The number of carbonyl (C=O) groups excluding carboxylic acids is 1. The Hall–Kier alpha value is -2.83. The first-order valence-corrected chi connectivity index (χ1v) is 10.8. The maximum atomic E-state index is 13.4. The molecule has 2 fully saturated rings. The number of amides is 1. The molecular formula is C23H28N4O3. The van der Waals surface area contributed by atoms with Gasteiger partial charge in [-0.1, -0.05) is 0 Å². The number of aromatic nitrogens is 2. The number of carbonyl (C=O) groups is 1. The molecule has 2 aromatic rings. The summed E-state index contributed by atoms with van der Waals surface area (Å²) in [5.41, 5.74) is 2.67. The Morgan fingerprint density at radius 1 is 1.03 bits per heavy atom. The molecular weight excluding hydrogens is 380 g/mol. The zero-order chi connectivity index (χ0) is 20.7. The second-order valence-corrected chi connectivity index (χ2v) is 8.64. The van der Waals surface area contributed by atoms with Crippen molar-refractivity contribution in [2.24, 2.45) is 5.92 Å². The monoisotopic (exact) mass is 408 g/mol. The van der Waals surface area contributed by atoms with Crippen molar-refractivity contribution in [1.82, 2.24) is 14.9 Å². The molecule has 1 amide bonds. The number of ether oxygens (including phenoxy) is 2. The third-order valence-corrected chi connectivity index (χ3v) is 6.19. The molecule has 0 N–H and O–H groups in total. The lowest BCUT2D eigenvalue weighted by Crippen LogP contribution is -2.48. The van der Waals surface area contributed by atoms with Crippen LogP contribution in [0.15, 0.2) is 24.3 Å². The lowest BCUT2D eigenvalue weighted by molar-refractivity contribution is 0.0637. The van der Waals surface area contributed by atoms with Crippen LogP contribution in [0.5, 0.6) is 11.5 Å². The molecule has 1 saturated carbocycles. The van der Waals surface area contributed by atoms with Crippen LogP contribution in [-0.2, 0) is 0 Å². The fourth-order valence-corrected chi connectivity index (χ4v) is 4.40. The van der Waals surface area contributed by atoms with Gasteiger partial charge in [0.25, 0.3) is 5.91 Å². The zero-order valence-corrected chi connectivity index (χ0v) is 17.6. The third-order valence-electron chi connectivity index (χ3n) is 6.19. The predicted octanol–water partition coefficient (Wildman–Crippen LogP) is 3.34. The molecule has 7 nitrogen and oxygen atoms in total. The van der Waals surface area contributed by atoms with Crippen molar-refractivity contribution in [3.05, 3.63) is 41.2 Å². The van der Waals surface area contributed by atoms with Crippen molar-refractivity contribution in [1.29, 1.82) is 0 Å². The summed E-state index contributed by atoms with van der Waals surface area (Å²) in [5, 5.41) is 0. The summed E-state index contributed by atoms with van der Waals surface area (Å²) >= 11 is 0. The van der Waals surface area contributed by atoms with Gasteiger partial charge >= 0.3 is 0 Å². The molecule has 1 aliphatic carbocycles. The minimum Gasteiger partial charge on any atom is -0.454 e. The van der Waals surface area contributed by atoms with Gasteiger partial charge in [0.15, 0.2) is 11.5 Å². The van der Waals surface area contributed by atoms with Crippen molar-refractivity contribution in [2.45, 2.75) is 45.6 Å². The Labute approximate surface area is 177 Å². The molecule has 0 spiro atoms. The zero-order valence-electron chi connectivity index (χ0n) is 17.6. The Balaban J connectivity index is 1.30. The van der Waals surface area contributed by atoms with E-state index in [-0.39, 0.29) is 18.7 Å². The van der Waals surface area contributed by atoms with E-state index in [2.05, 4.69) is 19.8 Å². The quantitative estimate of drug-likeness (QED) is 0.756. The molecule has 5 rings (SSSR count). The van der Waals surface area contributed by atoms with Gasteiger partial charge in [0.1, 0.15) is 0 Å². The van der Waals surface area contributed by atoms with Crippen molar-refractivity contribution in [3.8, 4) is 11.5 Å². The molecule has 0 unspecified atom stereocenters. The second kappa shape index (κ2) is 7.78. The maximum absolute atomic E-state index is 13.4. The van der Waals surface area contributed by atoms with E-state index in [0.717, 1.165) is 49.8 Å². The number of anilines is 1. The summed E-state index contributed by atoms with van der Waals surface area (Å²) in [6.07, 6.45) is 4.30. The highest BCUT2D eigenvalue weighted by molar-refractivity contribution is 5.95. The topological polar surface area (TPSA) is 67.8 Å². The van der Waals surface area contributed by atoms with Gasteiger partial charge in [-0.3, -0.25) is 4.79 Å². The van der Waals surface area contributed by atoms with Crippen LogP contribution in [0, 0.1) is 19.8 Å². The van der Waals surface area contributed by atoms with Crippen LogP contribution in [0.1, 0.15) is 47.4 Å². The second-order valence-electron chi connectivity index (χ2n) is 8.64. The molecule has 1 aromatic heterocycles. The van der Waals surface area contributed by atoms with Crippen LogP contribution in [-0.4, -0.2) is 53.2 Å². The van der Waals surface area contributed by atoms with Crippen LogP contribution < -0.4 is 14.4 Å². The van der Waals surface area contributed by atoms with Crippen molar-refractivity contribution in [3.63, 3.8) is 0 Å². The summed E-state index contributed by atoms with van der Waals surface area (Å²) in [6.45, 7) is 6.81. The molecule has 3 heterocycles. The predicted molar refractivity (Wildman–Crippen MR) is 113 cm³/mol. The summed E-state index contributed by atoms with van der Waals surface area (Å²) in [6, 6.07) is 7.76. The Kier molecular flexibility index (Phi) is 4.97. The lowest BCUT2D eigenvalue weighted by atomic mass is 10.0. The lowest BCUT2D eigenvalue weighted by Gasteiger charge is -2.39. The number of rotatable bonds is 5. The molecule has 2 aliphatic heterocycles. The Morgan fingerprint density at radius 3 is 2.43 bits per heavy atom. The average molecular weight is 409 g/mol. The van der Waals surface area contributed by atoms with Gasteiger partial charge < -0.3 is 19.3 Å². The van der Waals surface area contributed by atoms with Gasteiger partial charge in [-0.15, -0.1) is 0 Å². The number of piperidine rings is 1. The SMILES string of the molecule is Cc1cc(C)nc(N2CCC(N(CC3CC3)C(=O)c3ccc4c(c3)OCO4)CC2)n1. The number of hydrogen-bond donors (Lipinski definition) is 0. The Morgan fingerprint density at radius 2 is 1.73 bits per heavy atom. The molecule has 158 valence electrons. The Bertz CT molecular complexity index is 931. The third kappa shape index (κ3) is 3.93. The van der Waals surface area contributed by atoms with E-state index >= 15 is 0 Å². The molecule has 1 saturated heterocycles. The first-order valence-electron chi connectivity index (χ1n) is 10.8. The van der Waals surface area contributed by atoms with Gasteiger partial charge in [-0.25, -0.2) is 9.97 Å². The molecule has 1 aromatic carbocycles. The molecule has 0 atom stereocenters. The number of aryl methyl sites for hydroxylation is 2. The van der Waals surface area contributed by atoms with Gasteiger partial charge in [0.2, 0.25) is 12.7 Å². The van der Waals surface area contributed by atoms with Crippen LogP contribution in [0.2, 0.25) is 0 Å². The van der Waals surface area contributed by atoms with E-state index < -0.39 is 0 Å². The molecule has 3 aliphatic rings. The minimum atomic E-state index is 0.0984. The van der Waals surface area contributed by atoms with Gasteiger partial charge in [-0.2, -0.15) is 0 Å². The first-order chi connectivity index (χ1) is 14.6. The molecule has 0 bridgehead atoms. The highest BCUT2D eigenvalue weighted by Crippen LogP contribution is 2.35. The fraction of sp³-hybridized carbons (Fsp3) is 0.522. The van der Waals surface area contributed by atoms with Gasteiger partial charge in [0, 0.05) is 42.6 Å². The summed E-state index contributed by atoms with van der Waals surface area (Å²) in [5.74, 6) is 2.92. The van der Waals surface area contributed by atoms with Crippen LogP contribution in [0.4, 0.5) is 5.95 Å². The van der Waals surface area contributed by atoms with Crippen molar-refractivity contribution >= 4 is 11.9 Å². The van der Waals surface area contributed by atoms with E-state index in [9.17, 15) is 4.79 Å². The van der Waals surface area contributed by atoms with Crippen LogP contribution in [0.25, 0.3) is 0 Å². The maximum Gasteiger partial charge on any atom is 0.254 e. The molecule has 7 heteroatoms. The fourth-order valence-electron chi connectivity index (χ4n) is 4.40. The largest absolute Gasteiger partial charge is 0.454 e. The van der Waals surface area contributed by atoms with Gasteiger partial charge in [0.05, 0.1) is 0 Å². The van der Waals surface area contributed by atoms with E-state index in [4.69, 9.17) is 9.47 Å². The molecule has 0 radical (unpaired) electrons. The standard InChI is InChI=1S/C23H28N4O3/c1-15-11-16(2)25-23(24-15)26-9-7-19(8-10-26)27(13-17-3-4-17)22(28)18-5-6-20-21(12-18)30-14-29-20/h5-6,11-12,17,19H,3-4,7-10,13-14H2,1-2H3. The van der Waals surface area contributed by atoms with Crippen molar-refractivity contribution < 1.29 is 14.3 Å². The smallest absolute Gasteiger partial charge is 0.254 e. The number of nitrogens with zero attached hydrogens (tertiary/aromatic N) is 4. The highest BCUT2D eigenvalue weighted by atomic mass is 16.7. The van der Waals surface area contributed by atoms with Crippen LogP contribution in [0.3, 0.4) is 0 Å². The van der Waals surface area contributed by atoms with E-state index in [1.54, 1.807) is 0 Å². The summed E-state index contributed by atoms with van der Waals surface area (Å²) in [4.78, 5) is 27.0. The normalized spacial score (nSPS) is 18.5. The number of benzene rings is 1. The van der Waals surface area contributed by atoms with Crippen LogP contribution >= 0.6 is 0 Å². The van der Waals surface area contributed by atoms with Gasteiger partial charge in [-0.05, 0) is 69.7 Å². The van der Waals surface area contributed by atoms with E-state index in [0.29, 0.717) is 23.0 Å². The summed E-state index contributed by atoms with van der Waals surface area (Å²) in [7, 11) is 0. The first kappa shape index (κ1) is 19.2. The molecule has 30 heavy (non-hydrogen) atoms. The number of fused-ring (bicyclic) bond motifs is 1. The van der Waals surface area contributed by atoms with E-state index in [1.807, 2.05) is 38.1 Å². The van der Waals surface area contributed by atoms with Crippen molar-refractivity contribution in [2.75, 3.05) is 31.3 Å². The minimum absolute atomic E-state index is 0.0984. The summed E-state index contributed by atoms with van der Waals surface area (Å²) < 4.78 is 10.9. The highest BCUT2D eigenvalue weighted by Gasteiger charge is 2.34. The van der Waals surface area contributed by atoms with E-state index in [1.165, 1.54) is 12.8 Å². The average Bonchev–Trinajstić information content (AvgIpc) is 3.44. The number of hydrogen-bond acceptors (Lipinski definition) is 6.